The molecular weight excluding hydrogens is 450 g/mol. The Kier molecular flexibility index (Phi) is 9.84. The number of likely N-dealkylation sites (tertiary alicyclic amines) is 1. The van der Waals surface area contributed by atoms with Gasteiger partial charge >= 0.3 is 5.97 Å². The van der Waals surface area contributed by atoms with Crippen LogP contribution in [-0.4, -0.2) is 58.2 Å². The summed E-state index contributed by atoms with van der Waals surface area (Å²) in [5, 5.41) is 19.6. The zero-order chi connectivity index (χ0) is 24.5. The fraction of sp³-hybridized carbons (Fsp3) is 0.481. The first-order valence-electron chi connectivity index (χ1n) is 11.9. The molecule has 1 aliphatic heterocycles. The van der Waals surface area contributed by atoms with Crippen LogP contribution in [0.5, 0.6) is 5.75 Å². The first-order chi connectivity index (χ1) is 16.4. The van der Waals surface area contributed by atoms with Crippen LogP contribution >= 0.6 is 11.8 Å². The number of benzene rings is 2. The largest absolute Gasteiger partial charge is 0.497 e. The van der Waals surface area contributed by atoms with Crippen LogP contribution in [0.15, 0.2) is 42.5 Å². The van der Waals surface area contributed by atoms with Crippen molar-refractivity contribution in [1.29, 1.82) is 0 Å². The number of methoxy groups -OCH3 is 1. The highest BCUT2D eigenvalue weighted by Gasteiger charge is 2.30. The highest BCUT2D eigenvalue weighted by Crippen LogP contribution is 2.31. The van der Waals surface area contributed by atoms with E-state index in [1.807, 2.05) is 41.3 Å². The van der Waals surface area contributed by atoms with Gasteiger partial charge < -0.3 is 19.8 Å². The normalized spacial score (nSPS) is 16.6. The second kappa shape index (κ2) is 12.8. The number of carbonyl (C=O) groups excluding carboxylic acids is 1. The van der Waals surface area contributed by atoms with Crippen molar-refractivity contribution in [3.63, 3.8) is 0 Å². The Labute approximate surface area is 206 Å². The summed E-state index contributed by atoms with van der Waals surface area (Å²) in [4.78, 5) is 24.9. The summed E-state index contributed by atoms with van der Waals surface area (Å²) in [6.45, 7) is 2.74. The number of nitrogens with zero attached hydrogens (tertiary/aromatic N) is 1. The molecule has 1 aliphatic rings. The molecule has 2 aromatic rings. The first-order valence-corrected chi connectivity index (χ1v) is 13.1. The van der Waals surface area contributed by atoms with Crippen molar-refractivity contribution in [1.82, 2.24) is 4.90 Å². The van der Waals surface area contributed by atoms with E-state index in [1.54, 1.807) is 18.9 Å². The van der Waals surface area contributed by atoms with Gasteiger partial charge in [0.15, 0.2) is 0 Å². The molecule has 184 valence electrons. The molecule has 0 bridgehead atoms. The Morgan fingerprint density at radius 2 is 2.06 bits per heavy atom. The number of hydrogen-bond acceptors (Lipinski definition) is 5. The Morgan fingerprint density at radius 3 is 2.79 bits per heavy atom. The molecule has 7 heteroatoms. The number of thioether (sulfide) groups is 1. The fourth-order valence-corrected chi connectivity index (χ4v) is 5.39. The van der Waals surface area contributed by atoms with Crippen molar-refractivity contribution in [3.8, 4) is 16.9 Å². The lowest BCUT2D eigenvalue weighted by molar-refractivity contribution is -0.137. The molecule has 1 saturated heterocycles. The van der Waals surface area contributed by atoms with E-state index >= 15 is 0 Å². The molecular formula is C27H35NO5S. The minimum Gasteiger partial charge on any atom is -0.497 e. The number of ether oxygens (including phenoxy) is 1. The highest BCUT2D eigenvalue weighted by molar-refractivity contribution is 7.99. The Morgan fingerprint density at radius 1 is 1.24 bits per heavy atom. The molecule has 0 spiro atoms. The predicted molar refractivity (Wildman–Crippen MR) is 136 cm³/mol. The van der Waals surface area contributed by atoms with Crippen molar-refractivity contribution >= 4 is 23.6 Å². The van der Waals surface area contributed by atoms with Gasteiger partial charge in [-0.1, -0.05) is 24.3 Å². The van der Waals surface area contributed by atoms with Crippen LogP contribution in [0.4, 0.5) is 0 Å². The summed E-state index contributed by atoms with van der Waals surface area (Å²) in [6.07, 6.45) is 3.03. The van der Waals surface area contributed by atoms with Crippen LogP contribution in [0, 0.1) is 6.92 Å². The molecule has 1 fully saturated rings. The van der Waals surface area contributed by atoms with Crippen molar-refractivity contribution in [2.24, 2.45) is 0 Å². The van der Waals surface area contributed by atoms with Gasteiger partial charge in [0, 0.05) is 31.2 Å². The zero-order valence-corrected chi connectivity index (χ0v) is 20.9. The van der Waals surface area contributed by atoms with E-state index in [0.717, 1.165) is 52.4 Å². The molecule has 0 radical (unpaired) electrons. The number of aryl methyl sites for hydroxylation is 1. The molecule has 34 heavy (non-hydrogen) atoms. The van der Waals surface area contributed by atoms with Crippen LogP contribution in [0.25, 0.3) is 11.1 Å². The maximum Gasteiger partial charge on any atom is 0.303 e. The molecule has 2 N–H and O–H groups in total. The minimum absolute atomic E-state index is 0.161. The van der Waals surface area contributed by atoms with Crippen LogP contribution in [0.1, 0.15) is 55.8 Å². The number of amides is 1. The molecule has 2 atom stereocenters. The molecule has 1 amide bonds. The molecule has 0 aliphatic carbocycles. The molecule has 2 aromatic carbocycles. The molecule has 6 nitrogen and oxygen atoms in total. The molecule has 0 aromatic heterocycles. The lowest BCUT2D eigenvalue weighted by Crippen LogP contribution is -2.35. The third-order valence-electron chi connectivity index (χ3n) is 6.40. The van der Waals surface area contributed by atoms with Gasteiger partial charge in [-0.2, -0.15) is 11.8 Å². The van der Waals surface area contributed by atoms with Gasteiger partial charge in [-0.05, 0) is 78.8 Å². The second-order valence-electron chi connectivity index (χ2n) is 8.79. The number of rotatable bonds is 13. The lowest BCUT2D eigenvalue weighted by Gasteiger charge is -2.25. The molecule has 0 unspecified atom stereocenters. The maximum atomic E-state index is 12.4. The average Bonchev–Trinajstić information content (AvgIpc) is 3.18. The fourth-order valence-electron chi connectivity index (χ4n) is 4.51. The number of carbonyl (C=O) groups is 2. The molecule has 1 heterocycles. The topological polar surface area (TPSA) is 87.1 Å². The van der Waals surface area contributed by atoms with E-state index < -0.39 is 12.1 Å². The minimum atomic E-state index is -0.765. The van der Waals surface area contributed by atoms with Crippen molar-refractivity contribution < 1.29 is 24.5 Å². The van der Waals surface area contributed by atoms with E-state index in [0.29, 0.717) is 25.8 Å². The standard InChI is InChI=1S/C27H35NO5S/c1-19-17-23(33-2)10-11-24(19)20-5-3-6-21(18-20)25(29)12-8-22-9-13-26(30)28(22)14-16-34-15-4-7-27(31)32/h3,5-6,10-11,17-18,22,25,29H,4,7-9,12-16H2,1-2H3,(H,31,32)/t22-,25+/m0/s1. The molecule has 3 rings (SSSR count). The Hall–Kier alpha value is -2.51. The van der Waals surface area contributed by atoms with Crippen LogP contribution in [0.2, 0.25) is 0 Å². The van der Waals surface area contributed by atoms with Crippen molar-refractivity contribution in [2.45, 2.75) is 57.6 Å². The number of carboxylic acid groups (broad SMARTS) is 1. The first kappa shape index (κ1) is 26.1. The summed E-state index contributed by atoms with van der Waals surface area (Å²) in [6, 6.07) is 14.2. The van der Waals surface area contributed by atoms with Gasteiger partial charge in [-0.3, -0.25) is 9.59 Å². The van der Waals surface area contributed by atoms with Crippen molar-refractivity contribution in [3.05, 3.63) is 53.6 Å². The molecule has 0 saturated carbocycles. The van der Waals surface area contributed by atoms with Gasteiger partial charge in [0.2, 0.25) is 5.91 Å². The van der Waals surface area contributed by atoms with E-state index in [1.165, 1.54) is 0 Å². The Bertz CT molecular complexity index is 979. The number of hydrogen-bond donors (Lipinski definition) is 2. The summed E-state index contributed by atoms with van der Waals surface area (Å²) in [5.74, 6) is 1.85. The van der Waals surface area contributed by atoms with Crippen LogP contribution in [-0.2, 0) is 9.59 Å². The van der Waals surface area contributed by atoms with E-state index in [4.69, 9.17) is 9.84 Å². The van der Waals surface area contributed by atoms with Crippen molar-refractivity contribution in [2.75, 3.05) is 25.2 Å². The second-order valence-corrected chi connectivity index (χ2v) is 10.0. The van der Waals surface area contributed by atoms with E-state index in [-0.39, 0.29) is 18.4 Å². The SMILES string of the molecule is COc1ccc(-c2cccc([C@H](O)CC[C@H]3CCC(=O)N3CCSCCCC(=O)O)c2)c(C)c1. The summed E-state index contributed by atoms with van der Waals surface area (Å²) in [5.41, 5.74) is 4.18. The summed E-state index contributed by atoms with van der Waals surface area (Å²) >= 11 is 1.70. The van der Waals surface area contributed by atoms with Crippen LogP contribution in [0.3, 0.4) is 0 Å². The quantitative estimate of drug-likeness (QED) is 0.385. The number of aliphatic hydroxyl groups excluding tert-OH is 1. The van der Waals surface area contributed by atoms with Gasteiger partial charge in [0.1, 0.15) is 5.75 Å². The summed E-state index contributed by atoms with van der Waals surface area (Å²) < 4.78 is 5.30. The summed E-state index contributed by atoms with van der Waals surface area (Å²) in [7, 11) is 1.66. The smallest absolute Gasteiger partial charge is 0.303 e. The number of aliphatic hydroxyl groups is 1. The van der Waals surface area contributed by atoms with Gasteiger partial charge in [0.25, 0.3) is 0 Å². The van der Waals surface area contributed by atoms with Gasteiger partial charge in [-0.25, -0.2) is 0 Å². The van der Waals surface area contributed by atoms with Crippen LogP contribution < -0.4 is 4.74 Å². The highest BCUT2D eigenvalue weighted by atomic mass is 32.2. The van der Waals surface area contributed by atoms with E-state index in [2.05, 4.69) is 13.0 Å². The number of carboxylic acids is 1. The maximum absolute atomic E-state index is 12.4. The zero-order valence-electron chi connectivity index (χ0n) is 20.0. The van der Waals surface area contributed by atoms with Gasteiger partial charge in [-0.15, -0.1) is 0 Å². The third kappa shape index (κ3) is 7.24. The average molecular weight is 486 g/mol. The number of aliphatic carboxylic acids is 1. The van der Waals surface area contributed by atoms with Gasteiger partial charge in [0.05, 0.1) is 13.2 Å². The lowest BCUT2D eigenvalue weighted by atomic mass is 9.95. The monoisotopic (exact) mass is 485 g/mol. The Balaban J connectivity index is 1.53. The van der Waals surface area contributed by atoms with E-state index in [9.17, 15) is 14.7 Å². The third-order valence-corrected chi connectivity index (χ3v) is 7.45. The predicted octanol–water partition coefficient (Wildman–Crippen LogP) is 5.07.